The summed E-state index contributed by atoms with van der Waals surface area (Å²) in [5.41, 5.74) is -3.73. The summed E-state index contributed by atoms with van der Waals surface area (Å²) in [5.74, 6) is -0.464. The second-order valence-corrected chi connectivity index (χ2v) is 5.22. The number of alkyl halides is 3. The summed E-state index contributed by atoms with van der Waals surface area (Å²) in [6, 6.07) is 11.1. The number of benzene rings is 2. The number of halogens is 3. The summed E-state index contributed by atoms with van der Waals surface area (Å²) in [6.45, 7) is 0. The molecule has 2 aromatic rings. The summed E-state index contributed by atoms with van der Waals surface area (Å²) in [7, 11) is 0. The van der Waals surface area contributed by atoms with Crippen molar-refractivity contribution in [3.05, 3.63) is 54.1 Å². The van der Waals surface area contributed by atoms with Gasteiger partial charge in [0.25, 0.3) is 5.91 Å². The molecule has 0 atom stereocenters. The number of hydrogen-bond donors (Lipinski definition) is 2. The molecule has 0 aliphatic rings. The van der Waals surface area contributed by atoms with Crippen molar-refractivity contribution >= 4 is 23.4 Å². The van der Waals surface area contributed by atoms with Gasteiger partial charge in [0.1, 0.15) is 5.75 Å². The standard InChI is InChI=1S/C14H10F3NO2S/c15-14(16,17)21-12-6-4-9(5-7-12)13(20)18-10-2-1-3-11(19)8-10/h1-8,19H,(H,18,20). The topological polar surface area (TPSA) is 49.3 Å². The van der Waals surface area contributed by atoms with E-state index in [1.807, 2.05) is 0 Å². The van der Waals surface area contributed by atoms with Crippen molar-refractivity contribution in [2.75, 3.05) is 5.32 Å². The summed E-state index contributed by atoms with van der Waals surface area (Å²) < 4.78 is 36.6. The summed E-state index contributed by atoms with van der Waals surface area (Å²) in [5, 5.41) is 11.8. The number of hydrogen-bond acceptors (Lipinski definition) is 3. The van der Waals surface area contributed by atoms with E-state index >= 15 is 0 Å². The van der Waals surface area contributed by atoms with Crippen molar-refractivity contribution in [1.82, 2.24) is 0 Å². The Hall–Kier alpha value is -2.15. The van der Waals surface area contributed by atoms with Crippen LogP contribution in [-0.2, 0) is 0 Å². The number of carbonyl (C=O) groups excluding carboxylic acids is 1. The van der Waals surface area contributed by atoms with Crippen LogP contribution >= 0.6 is 11.8 Å². The minimum Gasteiger partial charge on any atom is -0.508 e. The van der Waals surface area contributed by atoms with Crippen LogP contribution in [0.5, 0.6) is 5.75 Å². The predicted octanol–water partition coefficient (Wildman–Crippen LogP) is 4.26. The lowest BCUT2D eigenvalue weighted by atomic mass is 10.2. The first kappa shape index (κ1) is 15.2. The number of phenolic OH excluding ortho intramolecular Hbond substituents is 1. The SMILES string of the molecule is O=C(Nc1cccc(O)c1)c1ccc(SC(F)(F)F)cc1. The number of phenols is 1. The molecule has 0 saturated carbocycles. The van der Waals surface area contributed by atoms with E-state index in [1.165, 1.54) is 36.4 Å². The highest BCUT2D eigenvalue weighted by Crippen LogP contribution is 2.36. The minimum atomic E-state index is -4.36. The van der Waals surface area contributed by atoms with Gasteiger partial charge in [0.05, 0.1) is 0 Å². The molecule has 21 heavy (non-hydrogen) atoms. The van der Waals surface area contributed by atoms with E-state index in [0.717, 1.165) is 0 Å². The highest BCUT2D eigenvalue weighted by Gasteiger charge is 2.29. The maximum atomic E-state index is 12.2. The summed E-state index contributed by atoms with van der Waals surface area (Å²) >= 11 is -0.238. The van der Waals surface area contributed by atoms with Crippen LogP contribution < -0.4 is 5.32 Å². The number of anilines is 1. The van der Waals surface area contributed by atoms with Gasteiger partial charge in [0, 0.05) is 22.2 Å². The maximum absolute atomic E-state index is 12.2. The molecular weight excluding hydrogens is 303 g/mol. The molecule has 0 heterocycles. The quantitative estimate of drug-likeness (QED) is 0.833. The summed E-state index contributed by atoms with van der Waals surface area (Å²) in [4.78, 5) is 11.9. The molecule has 2 rings (SSSR count). The molecule has 0 spiro atoms. The number of nitrogens with one attached hydrogen (secondary N) is 1. The molecule has 2 N–H and O–H groups in total. The van der Waals surface area contributed by atoms with Crippen molar-refractivity contribution < 1.29 is 23.1 Å². The van der Waals surface area contributed by atoms with Gasteiger partial charge >= 0.3 is 5.51 Å². The van der Waals surface area contributed by atoms with Crippen LogP contribution in [0, 0.1) is 0 Å². The van der Waals surface area contributed by atoms with Gasteiger partial charge in [0.15, 0.2) is 0 Å². The van der Waals surface area contributed by atoms with Gasteiger partial charge in [0.2, 0.25) is 0 Å². The molecule has 2 aromatic carbocycles. The van der Waals surface area contributed by atoms with Crippen molar-refractivity contribution in [3.63, 3.8) is 0 Å². The van der Waals surface area contributed by atoms with Gasteiger partial charge in [-0.25, -0.2) is 0 Å². The van der Waals surface area contributed by atoms with Crippen LogP contribution in [-0.4, -0.2) is 16.5 Å². The fourth-order valence-corrected chi connectivity index (χ4v) is 2.13. The van der Waals surface area contributed by atoms with Gasteiger partial charge < -0.3 is 10.4 Å². The molecule has 110 valence electrons. The van der Waals surface area contributed by atoms with E-state index in [2.05, 4.69) is 5.32 Å². The van der Waals surface area contributed by atoms with Gasteiger partial charge in [-0.05, 0) is 48.2 Å². The van der Waals surface area contributed by atoms with E-state index < -0.39 is 11.4 Å². The van der Waals surface area contributed by atoms with Crippen LogP contribution in [0.3, 0.4) is 0 Å². The first-order valence-electron chi connectivity index (χ1n) is 5.80. The monoisotopic (exact) mass is 313 g/mol. The van der Waals surface area contributed by atoms with E-state index in [-0.39, 0.29) is 28.0 Å². The normalized spacial score (nSPS) is 11.2. The number of rotatable bonds is 3. The van der Waals surface area contributed by atoms with Crippen LogP contribution in [0.4, 0.5) is 18.9 Å². The molecular formula is C14H10F3NO2S. The fourth-order valence-electron chi connectivity index (χ4n) is 1.59. The van der Waals surface area contributed by atoms with Gasteiger partial charge in [-0.15, -0.1) is 0 Å². The molecule has 0 aliphatic heterocycles. The predicted molar refractivity (Wildman–Crippen MR) is 74.4 cm³/mol. The average molecular weight is 313 g/mol. The average Bonchev–Trinajstić information content (AvgIpc) is 2.37. The van der Waals surface area contributed by atoms with E-state index in [4.69, 9.17) is 0 Å². The number of amides is 1. The van der Waals surface area contributed by atoms with Crippen molar-refractivity contribution in [3.8, 4) is 5.75 Å². The largest absolute Gasteiger partial charge is 0.508 e. The van der Waals surface area contributed by atoms with E-state index in [1.54, 1.807) is 12.1 Å². The Morgan fingerprint density at radius 1 is 1.10 bits per heavy atom. The molecule has 0 radical (unpaired) electrons. The molecule has 0 fully saturated rings. The van der Waals surface area contributed by atoms with Crippen LogP contribution in [0.25, 0.3) is 0 Å². The van der Waals surface area contributed by atoms with Crippen molar-refractivity contribution in [1.29, 1.82) is 0 Å². The third-order valence-corrected chi connectivity index (χ3v) is 3.19. The third-order valence-electron chi connectivity index (χ3n) is 2.45. The van der Waals surface area contributed by atoms with Gasteiger partial charge in [-0.1, -0.05) is 6.07 Å². The lowest BCUT2D eigenvalue weighted by Crippen LogP contribution is -2.11. The van der Waals surface area contributed by atoms with E-state index in [0.29, 0.717) is 5.69 Å². The fraction of sp³-hybridized carbons (Fsp3) is 0.0714. The van der Waals surface area contributed by atoms with E-state index in [9.17, 15) is 23.1 Å². The molecule has 0 bridgehead atoms. The smallest absolute Gasteiger partial charge is 0.446 e. The maximum Gasteiger partial charge on any atom is 0.446 e. The lowest BCUT2D eigenvalue weighted by Gasteiger charge is -2.07. The minimum absolute atomic E-state index is 0.00438. The Morgan fingerprint density at radius 2 is 1.76 bits per heavy atom. The molecule has 0 unspecified atom stereocenters. The third kappa shape index (κ3) is 4.71. The Balaban J connectivity index is 2.06. The molecule has 0 aliphatic carbocycles. The zero-order valence-electron chi connectivity index (χ0n) is 10.5. The van der Waals surface area contributed by atoms with Crippen LogP contribution in [0.2, 0.25) is 0 Å². The second kappa shape index (κ2) is 6.09. The van der Waals surface area contributed by atoms with Crippen LogP contribution in [0.15, 0.2) is 53.4 Å². The molecule has 0 saturated heterocycles. The lowest BCUT2D eigenvalue weighted by molar-refractivity contribution is -0.0328. The number of thioether (sulfide) groups is 1. The molecule has 1 amide bonds. The summed E-state index contributed by atoms with van der Waals surface area (Å²) in [6.07, 6.45) is 0. The van der Waals surface area contributed by atoms with Gasteiger partial charge in [-0.2, -0.15) is 13.2 Å². The first-order valence-corrected chi connectivity index (χ1v) is 6.61. The van der Waals surface area contributed by atoms with Crippen LogP contribution in [0.1, 0.15) is 10.4 Å². The number of aromatic hydroxyl groups is 1. The molecule has 7 heteroatoms. The van der Waals surface area contributed by atoms with Gasteiger partial charge in [-0.3, -0.25) is 4.79 Å². The Morgan fingerprint density at radius 3 is 2.33 bits per heavy atom. The highest BCUT2D eigenvalue weighted by atomic mass is 32.2. The molecule has 0 aromatic heterocycles. The Bertz CT molecular complexity index is 641. The zero-order valence-corrected chi connectivity index (χ0v) is 11.3. The highest BCUT2D eigenvalue weighted by molar-refractivity contribution is 8.00. The Labute approximate surface area is 122 Å². The first-order chi connectivity index (χ1) is 9.83. The number of carbonyl (C=O) groups is 1. The second-order valence-electron chi connectivity index (χ2n) is 4.08. The zero-order chi connectivity index (χ0) is 15.5. The molecule has 3 nitrogen and oxygen atoms in total. The van der Waals surface area contributed by atoms with Crippen molar-refractivity contribution in [2.24, 2.45) is 0 Å². The Kier molecular flexibility index (Phi) is 4.42. The van der Waals surface area contributed by atoms with Crippen molar-refractivity contribution in [2.45, 2.75) is 10.4 Å².